The van der Waals surface area contributed by atoms with Crippen molar-refractivity contribution in [3.63, 3.8) is 0 Å². The van der Waals surface area contributed by atoms with Gasteiger partial charge in [0, 0.05) is 35.5 Å². The fourth-order valence-corrected chi connectivity index (χ4v) is 2.75. The minimum atomic E-state index is -0.0683. The number of halogens is 1. The topological polar surface area (TPSA) is 50.7 Å². The molecule has 0 aliphatic heterocycles. The van der Waals surface area contributed by atoms with E-state index in [1.54, 1.807) is 11.3 Å². The summed E-state index contributed by atoms with van der Waals surface area (Å²) in [6.07, 6.45) is 1.84. The Morgan fingerprint density at radius 1 is 1.35 bits per heavy atom. The summed E-state index contributed by atoms with van der Waals surface area (Å²) in [5.74, 6) is 2.04. The third-order valence-corrected chi connectivity index (χ3v) is 4.24. The Kier molecular flexibility index (Phi) is 4.75. The molecule has 0 fully saturated rings. The van der Waals surface area contributed by atoms with Crippen LogP contribution >= 0.6 is 27.3 Å². The Morgan fingerprint density at radius 3 is 2.70 bits per heavy atom. The lowest BCUT2D eigenvalue weighted by molar-refractivity contribution is 0.544. The minimum Gasteiger partial charge on any atom is -0.369 e. The molecule has 0 spiro atoms. The maximum absolute atomic E-state index is 4.59. The van der Waals surface area contributed by atoms with Crippen LogP contribution in [0.2, 0.25) is 0 Å². The molecule has 2 rings (SSSR count). The first-order valence-corrected chi connectivity index (χ1v) is 8.22. The third-order valence-electron chi connectivity index (χ3n) is 2.83. The number of thiazole rings is 1. The number of nitrogens with zero attached hydrogens (tertiary/aromatic N) is 3. The Labute approximate surface area is 132 Å². The molecule has 2 aromatic heterocycles. The van der Waals surface area contributed by atoms with Crippen LogP contribution in [-0.2, 0) is 5.41 Å². The number of anilines is 1. The van der Waals surface area contributed by atoms with E-state index >= 15 is 0 Å². The molecule has 0 saturated heterocycles. The normalized spacial score (nSPS) is 13.2. The molecule has 0 aliphatic carbocycles. The fourth-order valence-electron chi connectivity index (χ4n) is 1.67. The second kappa shape index (κ2) is 6.18. The molecule has 108 valence electrons. The summed E-state index contributed by atoms with van der Waals surface area (Å²) in [6, 6.07) is 1.91. The van der Waals surface area contributed by atoms with Gasteiger partial charge < -0.3 is 5.32 Å². The van der Waals surface area contributed by atoms with Gasteiger partial charge in [-0.15, -0.1) is 11.3 Å². The first-order chi connectivity index (χ1) is 9.36. The minimum absolute atomic E-state index is 0.0683. The van der Waals surface area contributed by atoms with E-state index in [0.717, 1.165) is 27.8 Å². The standard InChI is InChI=1S/C14H19BrN4S/c1-9(12-16-5-6-20-12)8-17-11-7-10(15)18-13(19-11)14(2,3)4/h5-7,9H,8H2,1-4H3,(H,17,18,19). The highest BCUT2D eigenvalue weighted by Gasteiger charge is 2.19. The van der Waals surface area contributed by atoms with Crippen LogP contribution in [0.1, 0.15) is 44.4 Å². The third kappa shape index (κ3) is 3.99. The van der Waals surface area contributed by atoms with Crippen molar-refractivity contribution in [2.75, 3.05) is 11.9 Å². The molecule has 20 heavy (non-hydrogen) atoms. The van der Waals surface area contributed by atoms with Gasteiger partial charge >= 0.3 is 0 Å². The second-order valence-electron chi connectivity index (χ2n) is 5.80. The van der Waals surface area contributed by atoms with E-state index in [2.05, 4.69) is 63.9 Å². The summed E-state index contributed by atoms with van der Waals surface area (Å²) in [7, 11) is 0. The lowest BCUT2D eigenvalue weighted by Gasteiger charge is -2.18. The number of hydrogen-bond donors (Lipinski definition) is 1. The molecule has 1 N–H and O–H groups in total. The maximum Gasteiger partial charge on any atom is 0.137 e. The van der Waals surface area contributed by atoms with E-state index in [1.807, 2.05) is 17.6 Å². The van der Waals surface area contributed by atoms with Crippen LogP contribution in [0, 0.1) is 0 Å². The molecule has 0 saturated carbocycles. The van der Waals surface area contributed by atoms with Crippen LogP contribution < -0.4 is 5.32 Å². The average molecular weight is 355 g/mol. The van der Waals surface area contributed by atoms with Crippen LogP contribution in [0.3, 0.4) is 0 Å². The van der Waals surface area contributed by atoms with Crippen molar-refractivity contribution in [1.29, 1.82) is 0 Å². The Balaban J connectivity index is 2.08. The molecule has 1 atom stereocenters. The van der Waals surface area contributed by atoms with Gasteiger partial charge in [-0.25, -0.2) is 15.0 Å². The predicted molar refractivity (Wildman–Crippen MR) is 87.5 cm³/mol. The average Bonchev–Trinajstić information content (AvgIpc) is 2.88. The zero-order valence-corrected chi connectivity index (χ0v) is 14.5. The number of aromatic nitrogens is 3. The molecule has 6 heteroatoms. The molecule has 2 heterocycles. The van der Waals surface area contributed by atoms with Gasteiger partial charge in [0.1, 0.15) is 16.2 Å². The van der Waals surface area contributed by atoms with Crippen molar-refractivity contribution >= 4 is 33.1 Å². The largest absolute Gasteiger partial charge is 0.369 e. The van der Waals surface area contributed by atoms with Gasteiger partial charge in [-0.1, -0.05) is 27.7 Å². The van der Waals surface area contributed by atoms with Gasteiger partial charge in [0.15, 0.2) is 0 Å². The molecule has 0 bridgehead atoms. The van der Waals surface area contributed by atoms with Crippen LogP contribution in [0.4, 0.5) is 5.82 Å². The fraction of sp³-hybridized carbons (Fsp3) is 0.500. The monoisotopic (exact) mass is 354 g/mol. The molecule has 0 aliphatic rings. The van der Waals surface area contributed by atoms with E-state index in [-0.39, 0.29) is 5.41 Å². The number of hydrogen-bond acceptors (Lipinski definition) is 5. The van der Waals surface area contributed by atoms with Crippen molar-refractivity contribution in [3.05, 3.63) is 33.1 Å². The highest BCUT2D eigenvalue weighted by molar-refractivity contribution is 9.10. The Morgan fingerprint density at radius 2 is 2.10 bits per heavy atom. The molecule has 2 aromatic rings. The highest BCUT2D eigenvalue weighted by atomic mass is 79.9. The first kappa shape index (κ1) is 15.4. The SMILES string of the molecule is CC(CNc1cc(Br)nc(C(C)(C)C)n1)c1nccs1. The lowest BCUT2D eigenvalue weighted by Crippen LogP contribution is -2.18. The van der Waals surface area contributed by atoms with Crippen molar-refractivity contribution in [3.8, 4) is 0 Å². The quantitative estimate of drug-likeness (QED) is 0.835. The van der Waals surface area contributed by atoms with Crippen molar-refractivity contribution in [2.24, 2.45) is 0 Å². The van der Waals surface area contributed by atoms with Gasteiger partial charge in [-0.2, -0.15) is 0 Å². The van der Waals surface area contributed by atoms with Gasteiger partial charge in [0.05, 0.1) is 5.01 Å². The van der Waals surface area contributed by atoms with Crippen LogP contribution in [0.25, 0.3) is 0 Å². The number of rotatable bonds is 4. The highest BCUT2D eigenvalue weighted by Crippen LogP contribution is 2.23. The Bertz CT molecular complexity index is 563. The predicted octanol–water partition coefficient (Wildman–Crippen LogP) is 4.21. The summed E-state index contributed by atoms with van der Waals surface area (Å²) in [4.78, 5) is 13.4. The van der Waals surface area contributed by atoms with Crippen molar-refractivity contribution in [1.82, 2.24) is 15.0 Å². The maximum atomic E-state index is 4.59. The van der Waals surface area contributed by atoms with Gasteiger partial charge in [0.25, 0.3) is 0 Å². The molecule has 0 aromatic carbocycles. The lowest BCUT2D eigenvalue weighted by atomic mass is 9.96. The smallest absolute Gasteiger partial charge is 0.137 e. The van der Waals surface area contributed by atoms with Crippen LogP contribution in [0.5, 0.6) is 0 Å². The van der Waals surface area contributed by atoms with Gasteiger partial charge in [0.2, 0.25) is 0 Å². The van der Waals surface area contributed by atoms with E-state index < -0.39 is 0 Å². The van der Waals surface area contributed by atoms with Crippen LogP contribution in [0.15, 0.2) is 22.2 Å². The molecule has 0 amide bonds. The van der Waals surface area contributed by atoms with Crippen molar-refractivity contribution in [2.45, 2.75) is 39.0 Å². The van der Waals surface area contributed by atoms with Gasteiger partial charge in [-0.3, -0.25) is 0 Å². The van der Waals surface area contributed by atoms with Gasteiger partial charge in [-0.05, 0) is 15.9 Å². The summed E-state index contributed by atoms with van der Waals surface area (Å²) in [5.41, 5.74) is -0.0683. The zero-order valence-electron chi connectivity index (χ0n) is 12.1. The van der Waals surface area contributed by atoms with E-state index in [4.69, 9.17) is 0 Å². The van der Waals surface area contributed by atoms with E-state index in [1.165, 1.54) is 0 Å². The molecule has 0 radical (unpaired) electrons. The molecule has 4 nitrogen and oxygen atoms in total. The molecule has 1 unspecified atom stereocenters. The summed E-state index contributed by atoms with van der Waals surface area (Å²) in [5, 5.41) is 6.52. The number of nitrogens with one attached hydrogen (secondary N) is 1. The van der Waals surface area contributed by atoms with Crippen LogP contribution in [-0.4, -0.2) is 21.5 Å². The molecular formula is C14H19BrN4S. The van der Waals surface area contributed by atoms with E-state index in [0.29, 0.717) is 5.92 Å². The second-order valence-corrected chi connectivity index (χ2v) is 7.54. The summed E-state index contributed by atoms with van der Waals surface area (Å²) < 4.78 is 0.807. The summed E-state index contributed by atoms with van der Waals surface area (Å²) >= 11 is 5.13. The van der Waals surface area contributed by atoms with E-state index in [9.17, 15) is 0 Å². The first-order valence-electron chi connectivity index (χ1n) is 6.54. The Hall–Kier alpha value is -1.01. The van der Waals surface area contributed by atoms with Crippen molar-refractivity contribution < 1.29 is 0 Å². The zero-order chi connectivity index (χ0) is 14.8. The summed E-state index contributed by atoms with van der Waals surface area (Å²) in [6.45, 7) is 9.29. The molecular weight excluding hydrogens is 336 g/mol.